The minimum atomic E-state index is -3.44. The average molecular weight is 243 g/mol. The second kappa shape index (κ2) is 5.09. The Labute approximate surface area is 85.9 Å². The van der Waals surface area contributed by atoms with Crippen LogP contribution in [0.1, 0.15) is 13.8 Å². The predicted octanol–water partition coefficient (Wildman–Crippen LogP) is -0.394. The number of hydrogen-bond acceptors (Lipinski definition) is 4. The summed E-state index contributed by atoms with van der Waals surface area (Å²) in [4.78, 5) is 0. The summed E-state index contributed by atoms with van der Waals surface area (Å²) in [6.07, 6.45) is 1.02. The first kappa shape index (κ1) is 13.9. The van der Waals surface area contributed by atoms with Gasteiger partial charge in [0.05, 0.1) is 11.5 Å². The molecule has 0 aromatic rings. The Kier molecular flexibility index (Phi) is 5.03. The van der Waals surface area contributed by atoms with Crippen molar-refractivity contribution in [1.29, 1.82) is 0 Å². The predicted molar refractivity (Wildman–Crippen MR) is 56.3 cm³/mol. The Morgan fingerprint density at radius 2 is 1.57 bits per heavy atom. The zero-order chi connectivity index (χ0) is 11.4. The largest absolute Gasteiger partial charge is 0.229 e. The van der Waals surface area contributed by atoms with Gasteiger partial charge in [-0.3, -0.25) is 0 Å². The quantitative estimate of drug-likeness (QED) is 0.689. The third kappa shape index (κ3) is 8.46. The van der Waals surface area contributed by atoms with Crippen molar-refractivity contribution in [3.8, 4) is 0 Å². The van der Waals surface area contributed by atoms with Gasteiger partial charge in [-0.25, -0.2) is 21.6 Å². The van der Waals surface area contributed by atoms with Crippen LogP contribution in [0.5, 0.6) is 0 Å². The molecule has 5 nitrogen and oxygen atoms in total. The lowest BCUT2D eigenvalue weighted by Gasteiger charge is -2.07. The van der Waals surface area contributed by atoms with Crippen LogP contribution >= 0.6 is 0 Å². The van der Waals surface area contributed by atoms with E-state index in [2.05, 4.69) is 4.72 Å². The highest BCUT2D eigenvalue weighted by atomic mass is 32.2. The molecule has 0 saturated heterocycles. The fourth-order valence-corrected chi connectivity index (χ4v) is 3.45. The molecule has 86 valence electrons. The van der Waals surface area contributed by atoms with Crippen LogP contribution in [-0.4, -0.2) is 41.1 Å². The molecule has 0 unspecified atom stereocenters. The molecule has 0 atom stereocenters. The van der Waals surface area contributed by atoms with Gasteiger partial charge < -0.3 is 0 Å². The second-order valence-electron chi connectivity index (χ2n) is 3.69. The summed E-state index contributed by atoms with van der Waals surface area (Å²) in [7, 11) is -6.65. The van der Waals surface area contributed by atoms with Gasteiger partial charge in [0, 0.05) is 12.8 Å². The van der Waals surface area contributed by atoms with Crippen LogP contribution in [0.2, 0.25) is 0 Å². The standard InChI is InChI=1S/C7H17NO4S2/c1-7(2)6-8-14(11,12)5-4-13(3,9)10/h7-8H,4-6H2,1-3H3. The van der Waals surface area contributed by atoms with Crippen LogP contribution in [-0.2, 0) is 19.9 Å². The lowest BCUT2D eigenvalue weighted by molar-refractivity contribution is 0.559. The molecule has 7 heteroatoms. The van der Waals surface area contributed by atoms with E-state index in [1.54, 1.807) is 0 Å². The Balaban J connectivity index is 4.10. The summed E-state index contributed by atoms with van der Waals surface area (Å²) >= 11 is 0. The Morgan fingerprint density at radius 1 is 1.07 bits per heavy atom. The molecule has 0 spiro atoms. The van der Waals surface area contributed by atoms with Crippen LogP contribution in [0.15, 0.2) is 0 Å². The molecule has 0 aromatic carbocycles. The molecule has 0 saturated carbocycles. The van der Waals surface area contributed by atoms with Gasteiger partial charge >= 0.3 is 0 Å². The fraction of sp³-hybridized carbons (Fsp3) is 1.00. The van der Waals surface area contributed by atoms with Gasteiger partial charge in [-0.2, -0.15) is 0 Å². The Morgan fingerprint density at radius 3 is 1.93 bits per heavy atom. The zero-order valence-electron chi connectivity index (χ0n) is 8.65. The number of nitrogens with one attached hydrogen (secondary N) is 1. The van der Waals surface area contributed by atoms with Crippen LogP contribution in [0.4, 0.5) is 0 Å². The van der Waals surface area contributed by atoms with E-state index < -0.39 is 19.9 Å². The third-order valence-corrected chi connectivity index (χ3v) is 3.99. The molecule has 0 aromatic heterocycles. The van der Waals surface area contributed by atoms with E-state index >= 15 is 0 Å². The lowest BCUT2D eigenvalue weighted by atomic mass is 10.2. The molecule has 0 fully saturated rings. The van der Waals surface area contributed by atoms with Gasteiger partial charge in [0.25, 0.3) is 0 Å². The molecule has 0 aliphatic carbocycles. The molecule has 0 aliphatic heterocycles. The first-order valence-corrected chi connectivity index (χ1v) is 7.99. The maximum atomic E-state index is 11.2. The van der Waals surface area contributed by atoms with E-state index in [4.69, 9.17) is 0 Å². The highest BCUT2D eigenvalue weighted by Gasteiger charge is 2.14. The lowest BCUT2D eigenvalue weighted by Crippen LogP contribution is -2.32. The average Bonchev–Trinajstić information content (AvgIpc) is 1.97. The summed E-state index contributed by atoms with van der Waals surface area (Å²) in [6, 6.07) is 0. The van der Waals surface area contributed by atoms with Gasteiger partial charge in [-0.15, -0.1) is 0 Å². The van der Waals surface area contributed by atoms with Gasteiger partial charge in [0.2, 0.25) is 10.0 Å². The van der Waals surface area contributed by atoms with Crippen molar-refractivity contribution in [2.24, 2.45) is 5.92 Å². The van der Waals surface area contributed by atoms with Gasteiger partial charge in [0.1, 0.15) is 9.84 Å². The van der Waals surface area contributed by atoms with Crippen molar-refractivity contribution in [2.45, 2.75) is 13.8 Å². The molecule has 0 rings (SSSR count). The molecule has 0 aliphatic rings. The van der Waals surface area contributed by atoms with Crippen LogP contribution in [0, 0.1) is 5.92 Å². The van der Waals surface area contributed by atoms with Crippen molar-refractivity contribution in [3.05, 3.63) is 0 Å². The SMILES string of the molecule is CC(C)CNS(=O)(=O)CCS(C)(=O)=O. The van der Waals surface area contributed by atoms with Gasteiger partial charge in [-0.05, 0) is 5.92 Å². The number of rotatable bonds is 6. The normalized spacial score (nSPS) is 13.4. The molecule has 14 heavy (non-hydrogen) atoms. The van der Waals surface area contributed by atoms with E-state index in [9.17, 15) is 16.8 Å². The highest BCUT2D eigenvalue weighted by molar-refractivity contribution is 7.93. The van der Waals surface area contributed by atoms with Crippen molar-refractivity contribution >= 4 is 19.9 Å². The van der Waals surface area contributed by atoms with E-state index in [1.165, 1.54) is 0 Å². The summed E-state index contributed by atoms with van der Waals surface area (Å²) in [6.45, 7) is 4.09. The van der Waals surface area contributed by atoms with E-state index in [0.29, 0.717) is 6.54 Å². The van der Waals surface area contributed by atoms with E-state index in [1.807, 2.05) is 13.8 Å². The molecular weight excluding hydrogens is 226 g/mol. The smallest absolute Gasteiger partial charge is 0.212 e. The maximum Gasteiger partial charge on any atom is 0.212 e. The first-order chi connectivity index (χ1) is 6.12. The molecular formula is C7H17NO4S2. The van der Waals surface area contributed by atoms with Gasteiger partial charge in [0.15, 0.2) is 0 Å². The van der Waals surface area contributed by atoms with Crippen molar-refractivity contribution in [2.75, 3.05) is 24.3 Å². The molecule has 0 heterocycles. The second-order valence-corrected chi connectivity index (χ2v) is 7.88. The van der Waals surface area contributed by atoms with Crippen LogP contribution in [0.3, 0.4) is 0 Å². The molecule has 1 N–H and O–H groups in total. The Hall–Kier alpha value is -0.140. The monoisotopic (exact) mass is 243 g/mol. The maximum absolute atomic E-state index is 11.2. The first-order valence-electron chi connectivity index (χ1n) is 4.27. The summed E-state index contributed by atoms with van der Waals surface area (Å²) < 4.78 is 46.2. The molecule has 0 bridgehead atoms. The van der Waals surface area contributed by atoms with Crippen molar-refractivity contribution in [3.63, 3.8) is 0 Å². The number of hydrogen-bond donors (Lipinski definition) is 1. The summed E-state index contributed by atoms with van der Waals surface area (Å²) in [5.41, 5.74) is 0. The molecule has 0 radical (unpaired) electrons. The van der Waals surface area contributed by atoms with Crippen LogP contribution < -0.4 is 4.72 Å². The topological polar surface area (TPSA) is 80.3 Å². The highest BCUT2D eigenvalue weighted by Crippen LogP contribution is 1.93. The van der Waals surface area contributed by atoms with Crippen molar-refractivity contribution < 1.29 is 16.8 Å². The van der Waals surface area contributed by atoms with Gasteiger partial charge in [-0.1, -0.05) is 13.8 Å². The number of sulfone groups is 1. The fourth-order valence-electron chi connectivity index (χ4n) is 0.627. The third-order valence-electron chi connectivity index (χ3n) is 1.43. The van der Waals surface area contributed by atoms with Crippen molar-refractivity contribution in [1.82, 2.24) is 4.72 Å². The van der Waals surface area contributed by atoms with Crippen LogP contribution in [0.25, 0.3) is 0 Å². The zero-order valence-corrected chi connectivity index (χ0v) is 10.3. The summed E-state index contributed by atoms with van der Waals surface area (Å²) in [5, 5.41) is 0. The van der Waals surface area contributed by atoms with E-state index in [-0.39, 0.29) is 17.4 Å². The molecule has 0 amide bonds. The number of sulfonamides is 1. The van der Waals surface area contributed by atoms with E-state index in [0.717, 1.165) is 6.26 Å². The Bertz CT molecular complexity index is 355. The summed E-state index contributed by atoms with van der Waals surface area (Å²) in [5.74, 6) is -0.484. The minimum Gasteiger partial charge on any atom is -0.229 e. The minimum absolute atomic E-state index is 0.211.